The van der Waals surface area contributed by atoms with Crippen molar-refractivity contribution < 1.29 is 9.42 Å². The van der Waals surface area contributed by atoms with Crippen LogP contribution in [0, 0.1) is 0 Å². The Kier molecular flexibility index (Phi) is 5.98. The molecule has 2 aliphatic heterocycles. The van der Waals surface area contributed by atoms with Crippen molar-refractivity contribution >= 4 is 23.1 Å². The van der Waals surface area contributed by atoms with Crippen molar-refractivity contribution in [3.63, 3.8) is 0 Å². The second kappa shape index (κ2) is 9.56. The monoisotopic (exact) mass is 468 g/mol. The van der Waals surface area contributed by atoms with Gasteiger partial charge in [0.15, 0.2) is 0 Å². The lowest BCUT2D eigenvalue weighted by molar-refractivity contribution is -0.448. The fourth-order valence-corrected chi connectivity index (χ4v) is 5.26. The molecule has 1 saturated carbocycles. The van der Waals surface area contributed by atoms with E-state index in [1.165, 1.54) is 12.0 Å². The number of aromatic nitrogens is 2. The molecule has 2 aromatic carbocycles. The van der Waals surface area contributed by atoms with Crippen LogP contribution in [0.15, 0.2) is 66.0 Å². The molecule has 35 heavy (non-hydrogen) atoms. The molecule has 3 N–H and O–H groups in total. The highest BCUT2D eigenvalue weighted by Gasteiger charge is 2.36. The normalized spacial score (nSPS) is 20.5. The highest BCUT2D eigenvalue weighted by atomic mass is 16.5. The average Bonchev–Trinajstić information content (AvgIpc) is 3.31. The number of hydrogen-bond donors (Lipinski definition) is 2. The van der Waals surface area contributed by atoms with Crippen LogP contribution in [0.25, 0.3) is 0 Å². The van der Waals surface area contributed by atoms with Crippen molar-refractivity contribution in [2.24, 2.45) is 5.10 Å². The molecule has 3 heterocycles. The quantitative estimate of drug-likeness (QED) is 0.569. The van der Waals surface area contributed by atoms with Gasteiger partial charge in [-0.1, -0.05) is 23.3 Å². The third-order valence-corrected chi connectivity index (χ3v) is 7.10. The van der Waals surface area contributed by atoms with Gasteiger partial charge in [0.2, 0.25) is 6.33 Å². The Bertz CT molecular complexity index is 1250. The van der Waals surface area contributed by atoms with Crippen LogP contribution in [0.4, 0.5) is 11.6 Å². The standard InChI is InChI=1S/C27H30N7O/c28-26-24-25(19-6-12-23(13-7-19)35-22-4-2-1-3-5-22)32-34(27(24)31-18-30-26)21-10-8-20(9-11-21)33-16-14-29-15-17-33/h1-7,12-13,18,20,29H,8-11,14-17H2,(H2,28,30,31)/q+1. The summed E-state index contributed by atoms with van der Waals surface area (Å²) in [4.78, 5) is 11.5. The fourth-order valence-electron chi connectivity index (χ4n) is 5.26. The SMILES string of the molecule is Nc1ncnc2c1C(c1ccc(Oc3ccccc3)cc1)=N[N+]2=C1CCC(N2CCNCC2)CC1. The zero-order valence-corrected chi connectivity index (χ0v) is 19.7. The van der Waals surface area contributed by atoms with Crippen LogP contribution in [-0.4, -0.2) is 63.2 Å². The molecular weight excluding hydrogens is 438 g/mol. The zero-order valence-electron chi connectivity index (χ0n) is 19.7. The van der Waals surface area contributed by atoms with E-state index >= 15 is 0 Å². The third kappa shape index (κ3) is 4.42. The summed E-state index contributed by atoms with van der Waals surface area (Å²) in [6.07, 6.45) is 5.86. The molecule has 178 valence electrons. The molecule has 0 spiro atoms. The Balaban J connectivity index is 1.27. The van der Waals surface area contributed by atoms with Gasteiger partial charge in [-0.25, -0.2) is 0 Å². The summed E-state index contributed by atoms with van der Waals surface area (Å²) in [6.45, 7) is 4.46. The number of nitrogens with two attached hydrogens (primary N) is 1. The number of nitrogens with zero attached hydrogens (tertiary/aromatic N) is 5. The van der Waals surface area contributed by atoms with Gasteiger partial charge in [0.1, 0.15) is 34.3 Å². The van der Waals surface area contributed by atoms with E-state index in [0.29, 0.717) is 11.9 Å². The lowest BCUT2D eigenvalue weighted by atomic mass is 9.92. The molecule has 0 atom stereocenters. The van der Waals surface area contributed by atoms with E-state index in [0.717, 1.165) is 86.0 Å². The molecule has 1 aliphatic carbocycles. The van der Waals surface area contributed by atoms with Crippen molar-refractivity contribution in [2.75, 3.05) is 31.9 Å². The second-order valence-corrected chi connectivity index (χ2v) is 9.24. The molecule has 6 rings (SSSR count). The molecule has 1 aromatic heterocycles. The number of piperazine rings is 1. The van der Waals surface area contributed by atoms with E-state index in [4.69, 9.17) is 15.6 Å². The Morgan fingerprint density at radius 3 is 2.37 bits per heavy atom. The zero-order chi connectivity index (χ0) is 23.6. The van der Waals surface area contributed by atoms with Gasteiger partial charge >= 0.3 is 5.82 Å². The van der Waals surface area contributed by atoms with E-state index in [1.54, 1.807) is 0 Å². The number of anilines is 1. The Morgan fingerprint density at radius 1 is 0.914 bits per heavy atom. The van der Waals surface area contributed by atoms with E-state index in [-0.39, 0.29) is 0 Å². The summed E-state index contributed by atoms with van der Waals surface area (Å²) in [7, 11) is 0. The van der Waals surface area contributed by atoms with Gasteiger partial charge in [0.05, 0.1) is 0 Å². The van der Waals surface area contributed by atoms with Crippen LogP contribution in [0.2, 0.25) is 0 Å². The summed E-state index contributed by atoms with van der Waals surface area (Å²) in [5.74, 6) is 2.82. The minimum atomic E-state index is 0.455. The number of hydrazone groups is 1. The number of rotatable bonds is 4. The van der Waals surface area contributed by atoms with Gasteiger partial charge in [-0.3, -0.25) is 4.90 Å². The minimum absolute atomic E-state index is 0.455. The molecule has 3 aliphatic rings. The summed E-state index contributed by atoms with van der Waals surface area (Å²) in [5, 5.41) is 8.48. The number of hydrogen-bond acceptors (Lipinski definition) is 7. The van der Waals surface area contributed by atoms with E-state index in [9.17, 15) is 0 Å². The van der Waals surface area contributed by atoms with Gasteiger partial charge in [-0.2, -0.15) is 4.98 Å². The number of para-hydroxylation sites is 1. The van der Waals surface area contributed by atoms with Gasteiger partial charge < -0.3 is 15.8 Å². The van der Waals surface area contributed by atoms with Crippen molar-refractivity contribution in [2.45, 2.75) is 31.7 Å². The molecular formula is C27H30N7O+. The molecule has 2 fully saturated rings. The summed E-state index contributed by atoms with van der Waals surface area (Å²) >= 11 is 0. The molecule has 0 radical (unpaired) electrons. The Morgan fingerprint density at radius 2 is 1.63 bits per heavy atom. The van der Waals surface area contributed by atoms with Crippen LogP contribution in [0.3, 0.4) is 0 Å². The van der Waals surface area contributed by atoms with Gasteiger partial charge in [0.25, 0.3) is 0 Å². The smallest absolute Gasteiger partial charge is 0.363 e. The van der Waals surface area contributed by atoms with E-state index in [2.05, 4.69) is 20.2 Å². The summed E-state index contributed by atoms with van der Waals surface area (Å²) in [6, 6.07) is 18.4. The van der Waals surface area contributed by atoms with Gasteiger partial charge in [-0.05, 0) is 54.2 Å². The molecule has 0 bridgehead atoms. The first-order valence-corrected chi connectivity index (χ1v) is 12.4. The van der Waals surface area contributed by atoms with Crippen LogP contribution in [-0.2, 0) is 0 Å². The largest absolute Gasteiger partial charge is 0.457 e. The van der Waals surface area contributed by atoms with Gasteiger partial charge in [0, 0.05) is 50.6 Å². The topological polar surface area (TPSA) is 91.7 Å². The molecule has 0 unspecified atom stereocenters. The maximum atomic E-state index is 6.34. The predicted octanol–water partition coefficient (Wildman–Crippen LogP) is 3.55. The first kappa shape index (κ1) is 21.9. The minimum Gasteiger partial charge on any atom is -0.457 e. The lowest BCUT2D eigenvalue weighted by Crippen LogP contribution is -2.49. The van der Waals surface area contributed by atoms with Crippen molar-refractivity contribution in [3.8, 4) is 11.5 Å². The number of ether oxygens (including phenoxy) is 1. The van der Waals surface area contributed by atoms with Crippen LogP contribution in [0.1, 0.15) is 36.8 Å². The van der Waals surface area contributed by atoms with Crippen molar-refractivity contribution in [3.05, 3.63) is 72.1 Å². The van der Waals surface area contributed by atoms with Crippen LogP contribution >= 0.6 is 0 Å². The van der Waals surface area contributed by atoms with E-state index in [1.807, 2.05) is 59.3 Å². The molecule has 0 amide bonds. The molecule has 1 saturated heterocycles. The second-order valence-electron chi connectivity index (χ2n) is 9.24. The van der Waals surface area contributed by atoms with Crippen LogP contribution in [0.5, 0.6) is 11.5 Å². The van der Waals surface area contributed by atoms with Crippen LogP contribution < -0.4 is 15.8 Å². The highest BCUT2D eigenvalue weighted by Crippen LogP contribution is 2.33. The molecule has 3 aromatic rings. The van der Waals surface area contributed by atoms with Crippen molar-refractivity contribution in [1.29, 1.82) is 0 Å². The summed E-state index contributed by atoms with van der Waals surface area (Å²) < 4.78 is 7.97. The maximum absolute atomic E-state index is 6.34. The number of nitrogen functional groups attached to an aromatic ring is 1. The number of fused-ring (bicyclic) bond motifs is 1. The summed E-state index contributed by atoms with van der Waals surface area (Å²) in [5.41, 5.74) is 10.2. The predicted molar refractivity (Wildman–Crippen MR) is 137 cm³/mol. The molecule has 8 heteroatoms. The maximum Gasteiger partial charge on any atom is 0.363 e. The fraction of sp³-hybridized carbons (Fsp3) is 0.333. The average molecular weight is 469 g/mol. The first-order chi connectivity index (χ1) is 17.3. The van der Waals surface area contributed by atoms with Gasteiger partial charge in [-0.15, -0.1) is 4.68 Å². The first-order valence-electron chi connectivity index (χ1n) is 12.4. The van der Waals surface area contributed by atoms with E-state index < -0.39 is 0 Å². The molecule has 8 nitrogen and oxygen atoms in total. The highest BCUT2D eigenvalue weighted by molar-refractivity contribution is 6.18. The number of benzene rings is 2. The lowest BCUT2D eigenvalue weighted by Gasteiger charge is -2.37. The van der Waals surface area contributed by atoms with Crippen molar-refractivity contribution in [1.82, 2.24) is 20.2 Å². The number of nitrogens with one attached hydrogen (secondary N) is 1. The Hall–Kier alpha value is -3.62. The Labute approximate surface area is 205 Å². The third-order valence-electron chi connectivity index (χ3n) is 7.10.